The summed E-state index contributed by atoms with van der Waals surface area (Å²) in [6.45, 7) is 0.534. The van der Waals surface area contributed by atoms with Gasteiger partial charge >= 0.3 is 0 Å². The molecule has 0 radical (unpaired) electrons. The maximum absolute atomic E-state index is 11.5. The van der Waals surface area contributed by atoms with E-state index in [1.807, 2.05) is 24.3 Å². The predicted octanol–water partition coefficient (Wildman–Crippen LogP) is 1.78. The van der Waals surface area contributed by atoms with Gasteiger partial charge in [-0.2, -0.15) is 0 Å². The molecule has 4 nitrogen and oxygen atoms in total. The third-order valence-electron chi connectivity index (χ3n) is 2.42. The molecule has 0 amide bonds. The van der Waals surface area contributed by atoms with Crippen molar-refractivity contribution in [1.29, 1.82) is 0 Å². The Kier molecular flexibility index (Phi) is 3.51. The average Bonchev–Trinajstić information content (AvgIpc) is 2.29. The highest BCUT2D eigenvalue weighted by atomic mass is 79.9. The summed E-state index contributed by atoms with van der Waals surface area (Å²) in [4.78, 5) is 0. The van der Waals surface area contributed by atoms with Gasteiger partial charge in [0, 0.05) is 12.0 Å². The van der Waals surface area contributed by atoms with Gasteiger partial charge in [-0.05, 0) is 6.07 Å². The Morgan fingerprint density at radius 1 is 1.44 bits per heavy atom. The number of benzene rings is 1. The fourth-order valence-electron chi connectivity index (χ4n) is 1.71. The van der Waals surface area contributed by atoms with E-state index in [0.29, 0.717) is 13.0 Å². The quantitative estimate of drug-likeness (QED) is 0.866. The van der Waals surface area contributed by atoms with Gasteiger partial charge in [-0.3, -0.25) is 0 Å². The lowest BCUT2D eigenvalue weighted by Crippen LogP contribution is -2.32. The first-order chi connectivity index (χ1) is 7.62. The number of ether oxygens (including phenoxy) is 1. The van der Waals surface area contributed by atoms with Gasteiger partial charge in [-0.1, -0.05) is 34.1 Å². The molecule has 88 valence electrons. The van der Waals surface area contributed by atoms with E-state index in [1.54, 1.807) is 0 Å². The van der Waals surface area contributed by atoms with Crippen LogP contribution in [0.25, 0.3) is 0 Å². The zero-order chi connectivity index (χ0) is 11.6. The molecule has 0 saturated heterocycles. The number of fused-ring (bicyclic) bond motifs is 1. The van der Waals surface area contributed by atoms with Gasteiger partial charge in [-0.25, -0.2) is 13.1 Å². The molecular formula is C10H12BrNO3S. The first-order valence-corrected chi connectivity index (χ1v) is 7.67. The van der Waals surface area contributed by atoms with Crippen LogP contribution in [-0.4, -0.2) is 19.7 Å². The van der Waals surface area contributed by atoms with E-state index in [9.17, 15) is 8.42 Å². The number of hydrogen-bond acceptors (Lipinski definition) is 3. The molecule has 16 heavy (non-hydrogen) atoms. The summed E-state index contributed by atoms with van der Waals surface area (Å²) >= 11 is 2.96. The van der Waals surface area contributed by atoms with Crippen molar-refractivity contribution in [1.82, 2.24) is 4.72 Å². The molecule has 1 N–H and O–H groups in total. The Bertz CT molecular complexity index is 475. The second-order valence-corrected chi connectivity index (χ2v) is 6.63. The summed E-state index contributed by atoms with van der Waals surface area (Å²) in [5.74, 6) is 0.760. The van der Waals surface area contributed by atoms with Crippen molar-refractivity contribution in [3.05, 3.63) is 29.8 Å². The van der Waals surface area contributed by atoms with Gasteiger partial charge in [-0.15, -0.1) is 0 Å². The Morgan fingerprint density at radius 3 is 2.94 bits per heavy atom. The summed E-state index contributed by atoms with van der Waals surface area (Å²) in [6, 6.07) is 7.30. The molecule has 0 saturated carbocycles. The van der Waals surface area contributed by atoms with Crippen molar-refractivity contribution in [2.45, 2.75) is 12.5 Å². The Labute approximate surface area is 103 Å². The summed E-state index contributed by atoms with van der Waals surface area (Å²) < 4.78 is 31.0. The highest BCUT2D eigenvalue weighted by Crippen LogP contribution is 2.31. The fourth-order valence-corrected chi connectivity index (χ4v) is 2.85. The molecule has 1 aliphatic heterocycles. The third kappa shape index (κ3) is 2.56. The van der Waals surface area contributed by atoms with Gasteiger partial charge < -0.3 is 4.74 Å². The van der Waals surface area contributed by atoms with Gasteiger partial charge in [0.25, 0.3) is 0 Å². The van der Waals surface area contributed by atoms with Crippen molar-refractivity contribution in [3.63, 3.8) is 0 Å². The summed E-state index contributed by atoms with van der Waals surface area (Å²) in [5, 5.41) is 0. The number of hydrogen-bond donors (Lipinski definition) is 1. The molecule has 0 spiro atoms. The Morgan fingerprint density at radius 2 is 2.19 bits per heavy atom. The second kappa shape index (κ2) is 4.73. The standard InChI is InChI=1S/C10H12BrNO3S/c11-7-16(13,14)12-9-5-6-15-10-4-2-1-3-8(9)10/h1-4,9,12H,5-7H2. The molecule has 0 aromatic heterocycles. The van der Waals surface area contributed by atoms with E-state index in [-0.39, 0.29) is 10.7 Å². The smallest absolute Gasteiger partial charge is 0.222 e. The van der Waals surface area contributed by atoms with Gasteiger partial charge in [0.15, 0.2) is 0 Å². The number of halogens is 1. The molecule has 6 heteroatoms. The molecule has 0 fully saturated rings. The topological polar surface area (TPSA) is 55.4 Å². The first kappa shape index (κ1) is 11.9. The minimum absolute atomic E-state index is 0.0838. The maximum atomic E-state index is 11.5. The van der Waals surface area contributed by atoms with Crippen molar-refractivity contribution in [2.75, 3.05) is 11.3 Å². The number of rotatable bonds is 3. The van der Waals surface area contributed by atoms with Crippen LogP contribution in [-0.2, 0) is 10.0 Å². The molecule has 0 aliphatic carbocycles. The first-order valence-electron chi connectivity index (χ1n) is 4.90. The van der Waals surface area contributed by atoms with Gasteiger partial charge in [0.1, 0.15) is 10.4 Å². The second-order valence-electron chi connectivity index (χ2n) is 3.57. The van der Waals surface area contributed by atoms with Crippen LogP contribution >= 0.6 is 15.9 Å². The maximum Gasteiger partial charge on any atom is 0.222 e. The highest BCUT2D eigenvalue weighted by Gasteiger charge is 2.24. The van der Waals surface area contributed by atoms with Crippen LogP contribution in [0.2, 0.25) is 0 Å². The average molecular weight is 306 g/mol. The normalized spacial score (nSPS) is 19.9. The molecule has 1 aromatic rings. The number of nitrogens with one attached hydrogen (secondary N) is 1. The van der Waals surface area contributed by atoms with Crippen LogP contribution in [0.1, 0.15) is 18.0 Å². The Hall–Kier alpha value is -0.590. The monoisotopic (exact) mass is 305 g/mol. The SMILES string of the molecule is O=S(=O)(CBr)NC1CCOc2ccccc21. The van der Waals surface area contributed by atoms with E-state index in [2.05, 4.69) is 20.7 Å². The van der Waals surface area contributed by atoms with Crippen LogP contribution in [0.4, 0.5) is 0 Å². The summed E-state index contributed by atoms with van der Waals surface area (Å²) in [5.41, 5.74) is 0.901. The molecule has 2 rings (SSSR count). The predicted molar refractivity (Wildman–Crippen MR) is 65.1 cm³/mol. The number of para-hydroxylation sites is 1. The summed E-state index contributed by atoms with van der Waals surface area (Å²) in [6.07, 6.45) is 0.656. The van der Waals surface area contributed by atoms with Crippen molar-refractivity contribution >= 4 is 26.0 Å². The van der Waals surface area contributed by atoms with Crippen LogP contribution < -0.4 is 9.46 Å². The third-order valence-corrected chi connectivity index (χ3v) is 5.16. The molecule has 1 unspecified atom stereocenters. The van der Waals surface area contributed by atoms with Crippen molar-refractivity contribution in [3.8, 4) is 5.75 Å². The van der Waals surface area contributed by atoms with Crippen molar-refractivity contribution < 1.29 is 13.2 Å². The number of alkyl halides is 1. The molecule has 0 bridgehead atoms. The van der Waals surface area contributed by atoms with Crippen LogP contribution in [0.15, 0.2) is 24.3 Å². The lowest BCUT2D eigenvalue weighted by Gasteiger charge is -2.26. The molecule has 1 heterocycles. The zero-order valence-electron chi connectivity index (χ0n) is 8.52. The van der Waals surface area contributed by atoms with Gasteiger partial charge in [0.2, 0.25) is 10.0 Å². The van der Waals surface area contributed by atoms with E-state index in [1.165, 1.54) is 0 Å². The van der Waals surface area contributed by atoms with E-state index in [0.717, 1.165) is 11.3 Å². The lowest BCUT2D eigenvalue weighted by atomic mass is 10.0. The highest BCUT2D eigenvalue weighted by molar-refractivity contribution is 9.10. The lowest BCUT2D eigenvalue weighted by molar-refractivity contribution is 0.263. The minimum Gasteiger partial charge on any atom is -0.493 e. The van der Waals surface area contributed by atoms with Gasteiger partial charge in [0.05, 0.1) is 12.6 Å². The van der Waals surface area contributed by atoms with E-state index >= 15 is 0 Å². The Balaban J connectivity index is 2.26. The fraction of sp³-hybridized carbons (Fsp3) is 0.400. The largest absolute Gasteiger partial charge is 0.493 e. The molecule has 1 atom stereocenters. The van der Waals surface area contributed by atoms with E-state index < -0.39 is 10.0 Å². The van der Waals surface area contributed by atoms with Crippen LogP contribution in [0.5, 0.6) is 5.75 Å². The molecular weight excluding hydrogens is 294 g/mol. The molecule has 1 aliphatic rings. The summed E-state index contributed by atoms with van der Waals surface area (Å²) in [7, 11) is -3.25. The zero-order valence-corrected chi connectivity index (χ0v) is 10.9. The van der Waals surface area contributed by atoms with Crippen LogP contribution in [0, 0.1) is 0 Å². The molecule has 1 aromatic carbocycles. The van der Waals surface area contributed by atoms with Crippen molar-refractivity contribution in [2.24, 2.45) is 0 Å². The minimum atomic E-state index is -3.25. The van der Waals surface area contributed by atoms with E-state index in [4.69, 9.17) is 4.74 Å². The number of sulfonamides is 1. The van der Waals surface area contributed by atoms with Crippen LogP contribution in [0.3, 0.4) is 0 Å².